The van der Waals surface area contributed by atoms with Crippen molar-refractivity contribution in [2.24, 2.45) is 0 Å². The van der Waals surface area contributed by atoms with Crippen LogP contribution in [0.25, 0.3) is 0 Å². The van der Waals surface area contributed by atoms with Gasteiger partial charge >= 0.3 is 0 Å². The summed E-state index contributed by atoms with van der Waals surface area (Å²) in [5, 5.41) is 12.8. The molecule has 1 rings (SSSR count). The van der Waals surface area contributed by atoms with Crippen LogP contribution in [0.15, 0.2) is 18.2 Å². The molecular formula is C13H13ClN2. The summed E-state index contributed by atoms with van der Waals surface area (Å²) < 4.78 is 0. The fourth-order valence-corrected chi connectivity index (χ4v) is 1.57. The number of nitrogens with one attached hydrogen (secondary N) is 1. The van der Waals surface area contributed by atoms with Crippen molar-refractivity contribution in [1.29, 1.82) is 5.26 Å². The normalized spacial score (nSPS) is 11.2. The van der Waals surface area contributed by atoms with E-state index in [9.17, 15) is 0 Å². The molecule has 0 aliphatic heterocycles. The maximum Gasteiger partial charge on any atom is 0.101 e. The molecule has 1 aromatic carbocycles. The van der Waals surface area contributed by atoms with Crippen LogP contribution in [-0.4, -0.2) is 6.04 Å². The van der Waals surface area contributed by atoms with E-state index in [1.807, 2.05) is 0 Å². The molecule has 1 aromatic rings. The smallest absolute Gasteiger partial charge is 0.101 e. The van der Waals surface area contributed by atoms with E-state index in [2.05, 4.69) is 24.2 Å². The zero-order valence-corrected chi connectivity index (χ0v) is 9.88. The monoisotopic (exact) mass is 232 g/mol. The zero-order valence-electron chi connectivity index (χ0n) is 9.13. The molecule has 1 atom stereocenters. The van der Waals surface area contributed by atoms with Crippen molar-refractivity contribution in [2.75, 3.05) is 5.32 Å². The predicted molar refractivity (Wildman–Crippen MR) is 67.3 cm³/mol. The largest absolute Gasteiger partial charge is 0.380 e. The van der Waals surface area contributed by atoms with Gasteiger partial charge in [-0.25, -0.2) is 0 Å². The van der Waals surface area contributed by atoms with Gasteiger partial charge in [0.1, 0.15) is 6.07 Å². The molecule has 0 aliphatic rings. The Morgan fingerprint density at radius 2 is 2.31 bits per heavy atom. The second-order valence-electron chi connectivity index (χ2n) is 3.46. The van der Waals surface area contributed by atoms with E-state index in [1.165, 1.54) is 0 Å². The van der Waals surface area contributed by atoms with Gasteiger partial charge in [0.05, 0.1) is 11.3 Å². The molecule has 0 radical (unpaired) electrons. The van der Waals surface area contributed by atoms with Crippen LogP contribution in [0.1, 0.15) is 25.3 Å². The summed E-state index contributed by atoms with van der Waals surface area (Å²) in [6, 6.07) is 7.51. The van der Waals surface area contributed by atoms with Gasteiger partial charge in [0.2, 0.25) is 0 Å². The van der Waals surface area contributed by atoms with Gasteiger partial charge in [0.15, 0.2) is 0 Å². The van der Waals surface area contributed by atoms with E-state index in [1.54, 1.807) is 18.2 Å². The lowest BCUT2D eigenvalue weighted by molar-refractivity contribution is 0.715. The van der Waals surface area contributed by atoms with Gasteiger partial charge < -0.3 is 5.32 Å². The fourth-order valence-electron chi connectivity index (χ4n) is 1.39. The van der Waals surface area contributed by atoms with Crippen LogP contribution in [-0.2, 0) is 0 Å². The lowest BCUT2D eigenvalue weighted by Crippen LogP contribution is -2.18. The van der Waals surface area contributed by atoms with Crippen molar-refractivity contribution < 1.29 is 0 Å². The summed E-state index contributed by atoms with van der Waals surface area (Å²) in [7, 11) is 0. The zero-order chi connectivity index (χ0) is 12.0. The molecular weight excluding hydrogens is 220 g/mol. The molecule has 0 saturated heterocycles. The Balaban J connectivity index is 2.89. The van der Waals surface area contributed by atoms with Crippen LogP contribution in [0.4, 0.5) is 5.69 Å². The first-order valence-electron chi connectivity index (χ1n) is 5.11. The molecule has 82 valence electrons. The molecule has 0 heterocycles. The standard InChI is InChI=1S/C13H13ClN2/c1-3-5-12(4-2)16-13-7-6-11(14)8-10(13)9-15/h1,6-8,12,16H,4-5H2,2H3. The Bertz CT molecular complexity index is 440. The van der Waals surface area contributed by atoms with Crippen molar-refractivity contribution in [2.45, 2.75) is 25.8 Å². The minimum atomic E-state index is 0.193. The number of nitriles is 1. The molecule has 0 bridgehead atoms. The lowest BCUT2D eigenvalue weighted by Gasteiger charge is -2.16. The number of hydrogen-bond acceptors (Lipinski definition) is 2. The molecule has 3 heteroatoms. The SMILES string of the molecule is C#CCC(CC)Nc1ccc(Cl)cc1C#N. The van der Waals surface area contributed by atoms with Crippen molar-refractivity contribution in [3.05, 3.63) is 28.8 Å². The molecule has 0 aromatic heterocycles. The topological polar surface area (TPSA) is 35.8 Å². The third-order valence-electron chi connectivity index (χ3n) is 2.32. The van der Waals surface area contributed by atoms with Crippen LogP contribution in [0.5, 0.6) is 0 Å². The summed E-state index contributed by atoms with van der Waals surface area (Å²) in [6.07, 6.45) is 6.83. The minimum Gasteiger partial charge on any atom is -0.380 e. The van der Waals surface area contributed by atoms with Crippen molar-refractivity contribution >= 4 is 17.3 Å². The van der Waals surface area contributed by atoms with E-state index in [0.29, 0.717) is 17.0 Å². The Hall–Kier alpha value is -1.64. The molecule has 2 nitrogen and oxygen atoms in total. The van der Waals surface area contributed by atoms with Gasteiger partial charge in [0.25, 0.3) is 0 Å². The van der Waals surface area contributed by atoms with Crippen molar-refractivity contribution in [3.8, 4) is 18.4 Å². The van der Waals surface area contributed by atoms with E-state index in [0.717, 1.165) is 12.1 Å². The lowest BCUT2D eigenvalue weighted by atomic mass is 10.1. The Morgan fingerprint density at radius 3 is 2.88 bits per heavy atom. The quantitative estimate of drug-likeness (QED) is 0.808. The van der Waals surface area contributed by atoms with E-state index in [4.69, 9.17) is 23.3 Å². The summed E-state index contributed by atoms with van der Waals surface area (Å²) in [4.78, 5) is 0. The minimum absolute atomic E-state index is 0.193. The highest BCUT2D eigenvalue weighted by molar-refractivity contribution is 6.30. The number of hydrogen-bond donors (Lipinski definition) is 1. The number of benzene rings is 1. The third-order valence-corrected chi connectivity index (χ3v) is 2.55. The van der Waals surface area contributed by atoms with E-state index < -0.39 is 0 Å². The predicted octanol–water partition coefficient (Wildman–Crippen LogP) is 3.43. The first kappa shape index (κ1) is 12.4. The molecule has 0 saturated carbocycles. The van der Waals surface area contributed by atoms with E-state index in [-0.39, 0.29) is 6.04 Å². The van der Waals surface area contributed by atoms with Crippen LogP contribution in [0.2, 0.25) is 5.02 Å². The number of rotatable bonds is 4. The highest BCUT2D eigenvalue weighted by atomic mass is 35.5. The van der Waals surface area contributed by atoms with Gasteiger partial charge in [-0.1, -0.05) is 18.5 Å². The fraction of sp³-hybridized carbons (Fsp3) is 0.308. The molecule has 0 amide bonds. The Morgan fingerprint density at radius 1 is 1.56 bits per heavy atom. The van der Waals surface area contributed by atoms with Gasteiger partial charge in [-0.15, -0.1) is 12.3 Å². The van der Waals surface area contributed by atoms with Crippen molar-refractivity contribution in [1.82, 2.24) is 0 Å². The second kappa shape index (κ2) is 6.05. The van der Waals surface area contributed by atoms with Gasteiger partial charge in [-0.05, 0) is 24.6 Å². The van der Waals surface area contributed by atoms with Gasteiger partial charge in [0, 0.05) is 17.5 Å². The van der Waals surface area contributed by atoms with Crippen LogP contribution >= 0.6 is 11.6 Å². The van der Waals surface area contributed by atoms with E-state index >= 15 is 0 Å². The Labute approximate surface area is 101 Å². The van der Waals surface area contributed by atoms with Crippen LogP contribution < -0.4 is 5.32 Å². The number of anilines is 1. The summed E-state index contributed by atoms with van der Waals surface area (Å²) in [6.45, 7) is 2.05. The first-order valence-corrected chi connectivity index (χ1v) is 5.48. The molecule has 1 unspecified atom stereocenters. The maximum atomic E-state index is 8.97. The first-order chi connectivity index (χ1) is 7.71. The summed E-state index contributed by atoms with van der Waals surface area (Å²) >= 11 is 5.82. The highest BCUT2D eigenvalue weighted by Crippen LogP contribution is 2.21. The van der Waals surface area contributed by atoms with Gasteiger partial charge in [-0.2, -0.15) is 5.26 Å². The van der Waals surface area contributed by atoms with Gasteiger partial charge in [-0.3, -0.25) is 0 Å². The number of terminal acetylenes is 1. The molecule has 0 fully saturated rings. The number of nitrogens with zero attached hydrogens (tertiary/aromatic N) is 1. The molecule has 0 spiro atoms. The summed E-state index contributed by atoms with van der Waals surface area (Å²) in [5.41, 5.74) is 1.33. The van der Waals surface area contributed by atoms with Crippen LogP contribution in [0, 0.1) is 23.7 Å². The number of halogens is 1. The van der Waals surface area contributed by atoms with Crippen molar-refractivity contribution in [3.63, 3.8) is 0 Å². The maximum absolute atomic E-state index is 8.97. The van der Waals surface area contributed by atoms with Crippen LogP contribution in [0.3, 0.4) is 0 Å². The average Bonchev–Trinajstić information content (AvgIpc) is 2.30. The summed E-state index contributed by atoms with van der Waals surface area (Å²) in [5.74, 6) is 2.62. The second-order valence-corrected chi connectivity index (χ2v) is 3.90. The third kappa shape index (κ3) is 3.19. The Kier molecular flexibility index (Phi) is 4.70. The highest BCUT2D eigenvalue weighted by Gasteiger charge is 2.08. The molecule has 16 heavy (non-hydrogen) atoms. The molecule has 1 N–H and O–H groups in total. The average molecular weight is 233 g/mol. The molecule has 0 aliphatic carbocycles.